The van der Waals surface area contributed by atoms with Crippen molar-refractivity contribution in [3.63, 3.8) is 0 Å². The van der Waals surface area contributed by atoms with Crippen molar-refractivity contribution in [1.82, 2.24) is 14.8 Å². The summed E-state index contributed by atoms with van der Waals surface area (Å²) in [4.78, 5) is 9.67. The Morgan fingerprint density at radius 2 is 1.75 bits per heavy atom. The summed E-state index contributed by atoms with van der Waals surface area (Å²) in [6.07, 6.45) is 2.05. The fraction of sp³-hybridized carbons (Fsp3) is 0.706. The number of aromatic nitrogens is 1. The van der Waals surface area contributed by atoms with Gasteiger partial charge in [-0.3, -0.25) is 14.8 Å². The highest BCUT2D eigenvalue weighted by Gasteiger charge is 2.25. The van der Waals surface area contributed by atoms with Gasteiger partial charge in [-0.15, -0.1) is 0 Å². The SMILES string of the molecule is CC(C)c1ccc(CN2CCN(C(C)(C)C)CC2)cn1. The maximum Gasteiger partial charge on any atom is 0.0429 e. The second-order valence-electron chi connectivity index (χ2n) is 7.18. The van der Waals surface area contributed by atoms with Crippen molar-refractivity contribution in [2.75, 3.05) is 26.2 Å². The zero-order chi connectivity index (χ0) is 14.8. The first kappa shape index (κ1) is 15.5. The number of pyridine rings is 1. The summed E-state index contributed by atoms with van der Waals surface area (Å²) in [5.74, 6) is 0.513. The molecule has 1 saturated heterocycles. The Morgan fingerprint density at radius 3 is 2.20 bits per heavy atom. The Kier molecular flexibility index (Phi) is 4.82. The summed E-state index contributed by atoms with van der Waals surface area (Å²) in [6, 6.07) is 4.41. The highest BCUT2D eigenvalue weighted by molar-refractivity contribution is 5.16. The van der Waals surface area contributed by atoms with E-state index in [0.717, 1.165) is 19.6 Å². The van der Waals surface area contributed by atoms with Crippen LogP contribution in [0.25, 0.3) is 0 Å². The van der Waals surface area contributed by atoms with E-state index in [0.29, 0.717) is 11.5 Å². The quantitative estimate of drug-likeness (QED) is 0.845. The number of rotatable bonds is 3. The molecular formula is C17H29N3. The molecule has 1 fully saturated rings. The third kappa shape index (κ3) is 4.03. The van der Waals surface area contributed by atoms with E-state index in [1.54, 1.807) is 0 Å². The molecule has 1 aliphatic heterocycles. The van der Waals surface area contributed by atoms with Crippen molar-refractivity contribution < 1.29 is 0 Å². The maximum absolute atomic E-state index is 4.56. The highest BCUT2D eigenvalue weighted by atomic mass is 15.3. The topological polar surface area (TPSA) is 19.4 Å². The van der Waals surface area contributed by atoms with Crippen LogP contribution in [-0.2, 0) is 6.54 Å². The molecule has 0 saturated carbocycles. The van der Waals surface area contributed by atoms with Crippen LogP contribution in [-0.4, -0.2) is 46.5 Å². The Bertz CT molecular complexity index is 409. The van der Waals surface area contributed by atoms with Gasteiger partial charge in [0.1, 0.15) is 0 Å². The van der Waals surface area contributed by atoms with Crippen LogP contribution in [0.15, 0.2) is 18.3 Å². The number of hydrogen-bond acceptors (Lipinski definition) is 3. The van der Waals surface area contributed by atoms with Gasteiger partial charge in [0.05, 0.1) is 0 Å². The van der Waals surface area contributed by atoms with Crippen molar-refractivity contribution >= 4 is 0 Å². The smallest absolute Gasteiger partial charge is 0.0429 e. The fourth-order valence-corrected chi connectivity index (χ4v) is 2.71. The van der Waals surface area contributed by atoms with Crippen LogP contribution < -0.4 is 0 Å². The van der Waals surface area contributed by atoms with Gasteiger partial charge in [-0.05, 0) is 38.3 Å². The zero-order valence-corrected chi connectivity index (χ0v) is 13.7. The van der Waals surface area contributed by atoms with E-state index in [2.05, 4.69) is 61.5 Å². The minimum atomic E-state index is 0.298. The van der Waals surface area contributed by atoms with Gasteiger partial charge in [-0.25, -0.2) is 0 Å². The minimum absolute atomic E-state index is 0.298. The third-order valence-corrected chi connectivity index (χ3v) is 4.17. The monoisotopic (exact) mass is 275 g/mol. The first-order valence-electron chi connectivity index (χ1n) is 7.78. The van der Waals surface area contributed by atoms with Gasteiger partial charge < -0.3 is 0 Å². The van der Waals surface area contributed by atoms with Crippen molar-refractivity contribution in [2.45, 2.75) is 52.6 Å². The summed E-state index contributed by atoms with van der Waals surface area (Å²) < 4.78 is 0. The Balaban J connectivity index is 1.86. The summed E-state index contributed by atoms with van der Waals surface area (Å²) in [7, 11) is 0. The molecule has 0 N–H and O–H groups in total. The van der Waals surface area contributed by atoms with Gasteiger partial charge in [-0.2, -0.15) is 0 Å². The molecule has 0 unspecified atom stereocenters. The standard InChI is InChI=1S/C17H29N3/c1-14(2)16-7-6-15(12-18-16)13-19-8-10-20(11-9-19)17(3,4)5/h6-7,12,14H,8-11,13H2,1-5H3. The Morgan fingerprint density at radius 1 is 1.10 bits per heavy atom. The first-order valence-corrected chi connectivity index (χ1v) is 7.78. The van der Waals surface area contributed by atoms with Crippen LogP contribution in [0.1, 0.15) is 51.8 Å². The molecule has 0 spiro atoms. The van der Waals surface area contributed by atoms with Crippen LogP contribution in [0.5, 0.6) is 0 Å². The molecule has 112 valence electrons. The highest BCUT2D eigenvalue weighted by Crippen LogP contribution is 2.17. The molecule has 1 aromatic heterocycles. The van der Waals surface area contributed by atoms with E-state index < -0.39 is 0 Å². The minimum Gasteiger partial charge on any atom is -0.296 e. The van der Waals surface area contributed by atoms with Crippen LogP contribution in [0.2, 0.25) is 0 Å². The number of hydrogen-bond donors (Lipinski definition) is 0. The van der Waals surface area contributed by atoms with Gasteiger partial charge in [-0.1, -0.05) is 19.9 Å². The molecule has 20 heavy (non-hydrogen) atoms. The molecular weight excluding hydrogens is 246 g/mol. The lowest BCUT2D eigenvalue weighted by molar-refractivity contribution is 0.0590. The zero-order valence-electron chi connectivity index (χ0n) is 13.7. The van der Waals surface area contributed by atoms with Gasteiger partial charge >= 0.3 is 0 Å². The van der Waals surface area contributed by atoms with E-state index in [1.165, 1.54) is 24.3 Å². The molecule has 0 amide bonds. The maximum atomic E-state index is 4.56. The molecule has 0 bridgehead atoms. The van der Waals surface area contributed by atoms with Crippen LogP contribution >= 0.6 is 0 Å². The van der Waals surface area contributed by atoms with Crippen molar-refractivity contribution in [3.05, 3.63) is 29.6 Å². The van der Waals surface area contributed by atoms with Gasteiger partial charge in [0.2, 0.25) is 0 Å². The summed E-state index contributed by atoms with van der Waals surface area (Å²) in [5.41, 5.74) is 2.82. The lowest BCUT2D eigenvalue weighted by atomic mass is 10.0. The van der Waals surface area contributed by atoms with Crippen molar-refractivity contribution in [3.8, 4) is 0 Å². The molecule has 3 nitrogen and oxygen atoms in total. The average molecular weight is 275 g/mol. The van der Waals surface area contributed by atoms with E-state index in [-0.39, 0.29) is 0 Å². The van der Waals surface area contributed by atoms with Crippen LogP contribution in [0.4, 0.5) is 0 Å². The molecule has 2 rings (SSSR count). The Labute approximate surface area is 124 Å². The van der Waals surface area contributed by atoms with E-state index >= 15 is 0 Å². The lowest BCUT2D eigenvalue weighted by Crippen LogP contribution is -2.53. The lowest BCUT2D eigenvalue weighted by Gasteiger charge is -2.42. The molecule has 1 aliphatic rings. The largest absolute Gasteiger partial charge is 0.296 e. The predicted molar refractivity (Wildman–Crippen MR) is 84.9 cm³/mol. The summed E-state index contributed by atoms with van der Waals surface area (Å²) >= 11 is 0. The second kappa shape index (κ2) is 6.23. The molecule has 2 heterocycles. The van der Waals surface area contributed by atoms with E-state index in [4.69, 9.17) is 0 Å². The van der Waals surface area contributed by atoms with Crippen LogP contribution in [0.3, 0.4) is 0 Å². The summed E-state index contributed by atoms with van der Waals surface area (Å²) in [5, 5.41) is 0. The predicted octanol–water partition coefficient (Wildman–Crippen LogP) is 3.12. The summed E-state index contributed by atoms with van der Waals surface area (Å²) in [6.45, 7) is 17.0. The van der Waals surface area contributed by atoms with Crippen molar-refractivity contribution in [2.24, 2.45) is 0 Å². The molecule has 0 radical (unpaired) electrons. The Hall–Kier alpha value is -0.930. The number of piperazine rings is 1. The third-order valence-electron chi connectivity index (χ3n) is 4.17. The van der Waals surface area contributed by atoms with E-state index in [1.807, 2.05) is 6.20 Å². The normalized spacial score (nSPS) is 18.7. The second-order valence-corrected chi connectivity index (χ2v) is 7.18. The van der Waals surface area contributed by atoms with Gasteiger partial charge in [0.15, 0.2) is 0 Å². The molecule has 1 aromatic rings. The fourth-order valence-electron chi connectivity index (χ4n) is 2.71. The molecule has 3 heteroatoms. The molecule has 0 aliphatic carbocycles. The number of nitrogens with zero attached hydrogens (tertiary/aromatic N) is 3. The van der Waals surface area contributed by atoms with Crippen LogP contribution in [0, 0.1) is 0 Å². The van der Waals surface area contributed by atoms with Gasteiger partial charge in [0.25, 0.3) is 0 Å². The molecule has 0 atom stereocenters. The first-order chi connectivity index (χ1) is 9.36. The van der Waals surface area contributed by atoms with E-state index in [9.17, 15) is 0 Å². The average Bonchev–Trinajstić information content (AvgIpc) is 2.39. The van der Waals surface area contributed by atoms with Gasteiger partial charge in [0, 0.05) is 50.2 Å². The molecule has 0 aromatic carbocycles. The van der Waals surface area contributed by atoms with Crippen molar-refractivity contribution in [1.29, 1.82) is 0 Å².